The van der Waals surface area contributed by atoms with Crippen LogP contribution in [0.2, 0.25) is 0 Å². The van der Waals surface area contributed by atoms with Crippen molar-refractivity contribution in [2.24, 2.45) is 5.73 Å². The molecule has 1 aromatic rings. The highest BCUT2D eigenvalue weighted by Gasteiger charge is 1.96. The molecule has 0 aliphatic carbocycles. The van der Waals surface area contributed by atoms with Crippen molar-refractivity contribution in [1.29, 1.82) is 0 Å². The van der Waals surface area contributed by atoms with E-state index >= 15 is 0 Å². The molecule has 0 radical (unpaired) electrons. The lowest BCUT2D eigenvalue weighted by atomic mass is 10.1. The third-order valence-corrected chi connectivity index (χ3v) is 2.31. The minimum atomic E-state index is 0.309. The van der Waals surface area contributed by atoms with E-state index in [1.807, 2.05) is 19.1 Å². The maximum Gasteiger partial charge on any atom is 0.119 e. The van der Waals surface area contributed by atoms with Gasteiger partial charge in [-0.1, -0.05) is 12.1 Å². The first-order chi connectivity index (χ1) is 7.18. The highest BCUT2D eigenvalue weighted by atomic mass is 16.5. The van der Waals surface area contributed by atoms with Crippen molar-refractivity contribution in [2.45, 2.75) is 39.2 Å². The Hall–Kier alpha value is -1.02. The second-order valence-electron chi connectivity index (χ2n) is 4.14. The van der Waals surface area contributed by atoms with E-state index < -0.39 is 0 Å². The summed E-state index contributed by atoms with van der Waals surface area (Å²) in [5.41, 5.74) is 6.90. The Morgan fingerprint density at radius 1 is 1.33 bits per heavy atom. The van der Waals surface area contributed by atoms with Crippen molar-refractivity contribution in [3.8, 4) is 5.75 Å². The van der Waals surface area contributed by atoms with E-state index in [9.17, 15) is 0 Å². The molecule has 0 aromatic heterocycles. The van der Waals surface area contributed by atoms with Gasteiger partial charge in [-0.3, -0.25) is 0 Å². The lowest BCUT2D eigenvalue weighted by Gasteiger charge is -2.07. The molecule has 0 aliphatic heterocycles. The molecule has 0 heterocycles. The lowest BCUT2D eigenvalue weighted by Crippen LogP contribution is -2.14. The van der Waals surface area contributed by atoms with Crippen LogP contribution in [0.1, 0.15) is 31.7 Å². The molecule has 0 fully saturated rings. The fraction of sp³-hybridized carbons (Fsp3) is 0.538. The molecule has 15 heavy (non-hydrogen) atoms. The van der Waals surface area contributed by atoms with Gasteiger partial charge in [0, 0.05) is 6.04 Å². The molecule has 1 rings (SSSR count). The first kappa shape index (κ1) is 12.1. The number of ether oxygens (including phenoxy) is 1. The molecule has 0 saturated carbocycles. The fourth-order valence-electron chi connectivity index (χ4n) is 1.46. The topological polar surface area (TPSA) is 35.2 Å². The van der Waals surface area contributed by atoms with Crippen molar-refractivity contribution in [3.63, 3.8) is 0 Å². The average molecular weight is 207 g/mol. The van der Waals surface area contributed by atoms with Crippen LogP contribution in [0, 0.1) is 6.92 Å². The van der Waals surface area contributed by atoms with Crippen molar-refractivity contribution in [3.05, 3.63) is 29.8 Å². The summed E-state index contributed by atoms with van der Waals surface area (Å²) >= 11 is 0. The van der Waals surface area contributed by atoms with E-state index in [1.165, 1.54) is 5.56 Å². The molecule has 1 aromatic carbocycles. The van der Waals surface area contributed by atoms with Crippen LogP contribution >= 0.6 is 0 Å². The van der Waals surface area contributed by atoms with Gasteiger partial charge in [0.2, 0.25) is 0 Å². The van der Waals surface area contributed by atoms with Crippen LogP contribution in [0.5, 0.6) is 5.75 Å². The number of aryl methyl sites for hydroxylation is 1. The molecule has 2 nitrogen and oxygen atoms in total. The molecule has 2 N–H and O–H groups in total. The number of hydrogen-bond acceptors (Lipinski definition) is 2. The second kappa shape index (κ2) is 6.46. The van der Waals surface area contributed by atoms with Crippen molar-refractivity contribution in [2.75, 3.05) is 6.61 Å². The van der Waals surface area contributed by atoms with E-state index in [2.05, 4.69) is 19.1 Å². The highest BCUT2D eigenvalue weighted by Crippen LogP contribution is 2.12. The van der Waals surface area contributed by atoms with Crippen LogP contribution in [0.3, 0.4) is 0 Å². The Labute approximate surface area is 92.4 Å². The molecule has 0 spiro atoms. The van der Waals surface area contributed by atoms with Gasteiger partial charge in [0.15, 0.2) is 0 Å². The molecular weight excluding hydrogens is 186 g/mol. The smallest absolute Gasteiger partial charge is 0.119 e. The average Bonchev–Trinajstić information content (AvgIpc) is 2.17. The Kier molecular flexibility index (Phi) is 5.19. The molecule has 0 bridgehead atoms. The van der Waals surface area contributed by atoms with Gasteiger partial charge in [0.1, 0.15) is 5.75 Å². The number of unbranched alkanes of at least 4 members (excludes halogenated alkanes) is 1. The van der Waals surface area contributed by atoms with E-state index in [4.69, 9.17) is 10.5 Å². The summed E-state index contributed by atoms with van der Waals surface area (Å²) < 4.78 is 5.63. The maximum atomic E-state index is 5.66. The maximum absolute atomic E-state index is 5.66. The molecule has 1 atom stereocenters. The molecule has 2 heteroatoms. The number of rotatable bonds is 6. The van der Waals surface area contributed by atoms with E-state index in [0.29, 0.717) is 6.04 Å². The molecule has 0 aliphatic rings. The zero-order chi connectivity index (χ0) is 11.1. The van der Waals surface area contributed by atoms with Crippen LogP contribution in [0.25, 0.3) is 0 Å². The van der Waals surface area contributed by atoms with Gasteiger partial charge >= 0.3 is 0 Å². The van der Waals surface area contributed by atoms with E-state index in [-0.39, 0.29) is 0 Å². The predicted molar refractivity (Wildman–Crippen MR) is 64.2 cm³/mol. The Morgan fingerprint density at radius 2 is 2.13 bits per heavy atom. The van der Waals surface area contributed by atoms with Gasteiger partial charge in [-0.2, -0.15) is 0 Å². The fourth-order valence-corrected chi connectivity index (χ4v) is 1.46. The molecule has 0 saturated heterocycles. The Balaban J connectivity index is 2.15. The van der Waals surface area contributed by atoms with Crippen molar-refractivity contribution in [1.82, 2.24) is 0 Å². The van der Waals surface area contributed by atoms with Crippen LogP contribution < -0.4 is 10.5 Å². The van der Waals surface area contributed by atoms with Gasteiger partial charge in [0.05, 0.1) is 6.61 Å². The van der Waals surface area contributed by atoms with Crippen molar-refractivity contribution < 1.29 is 4.74 Å². The van der Waals surface area contributed by atoms with Crippen molar-refractivity contribution >= 4 is 0 Å². The second-order valence-corrected chi connectivity index (χ2v) is 4.14. The number of hydrogen-bond donors (Lipinski definition) is 1. The first-order valence-corrected chi connectivity index (χ1v) is 5.63. The third-order valence-electron chi connectivity index (χ3n) is 2.31. The molecular formula is C13H21NO. The van der Waals surface area contributed by atoms with E-state index in [1.54, 1.807) is 0 Å². The van der Waals surface area contributed by atoms with Gasteiger partial charge in [0.25, 0.3) is 0 Å². The zero-order valence-electron chi connectivity index (χ0n) is 9.70. The Bertz CT molecular complexity index is 284. The van der Waals surface area contributed by atoms with Crippen LogP contribution in [0.4, 0.5) is 0 Å². The van der Waals surface area contributed by atoms with Crippen LogP contribution in [0.15, 0.2) is 24.3 Å². The summed E-state index contributed by atoms with van der Waals surface area (Å²) in [7, 11) is 0. The molecule has 0 amide bonds. The largest absolute Gasteiger partial charge is 0.494 e. The number of benzene rings is 1. The minimum Gasteiger partial charge on any atom is -0.494 e. The monoisotopic (exact) mass is 207 g/mol. The predicted octanol–water partition coefficient (Wildman–Crippen LogP) is 2.89. The SMILES string of the molecule is Cc1cccc(OCCCCC(C)N)c1. The van der Waals surface area contributed by atoms with Gasteiger partial charge < -0.3 is 10.5 Å². The summed E-state index contributed by atoms with van der Waals surface area (Å²) in [6, 6.07) is 8.46. The Morgan fingerprint density at radius 3 is 2.80 bits per heavy atom. The number of nitrogens with two attached hydrogens (primary N) is 1. The summed E-state index contributed by atoms with van der Waals surface area (Å²) in [6.07, 6.45) is 3.30. The first-order valence-electron chi connectivity index (χ1n) is 5.63. The summed E-state index contributed by atoms with van der Waals surface area (Å²) in [5.74, 6) is 0.968. The summed E-state index contributed by atoms with van der Waals surface area (Å²) in [6.45, 7) is 4.90. The molecule has 84 valence electrons. The van der Waals surface area contributed by atoms with E-state index in [0.717, 1.165) is 31.6 Å². The van der Waals surface area contributed by atoms with Crippen LogP contribution in [-0.4, -0.2) is 12.6 Å². The summed E-state index contributed by atoms with van der Waals surface area (Å²) in [5, 5.41) is 0. The summed E-state index contributed by atoms with van der Waals surface area (Å²) in [4.78, 5) is 0. The normalized spacial score (nSPS) is 12.5. The third kappa shape index (κ3) is 5.43. The standard InChI is InChI=1S/C13H21NO/c1-11-6-5-8-13(10-11)15-9-4-3-7-12(2)14/h5-6,8,10,12H,3-4,7,9,14H2,1-2H3. The quantitative estimate of drug-likeness (QED) is 0.728. The van der Waals surface area contributed by atoms with Gasteiger partial charge in [-0.05, 0) is 50.8 Å². The molecule has 1 unspecified atom stereocenters. The van der Waals surface area contributed by atoms with Gasteiger partial charge in [-0.15, -0.1) is 0 Å². The zero-order valence-corrected chi connectivity index (χ0v) is 9.70. The van der Waals surface area contributed by atoms with Crippen LogP contribution in [-0.2, 0) is 0 Å². The highest BCUT2D eigenvalue weighted by molar-refractivity contribution is 5.27. The lowest BCUT2D eigenvalue weighted by molar-refractivity contribution is 0.303. The minimum absolute atomic E-state index is 0.309. The van der Waals surface area contributed by atoms with Gasteiger partial charge in [-0.25, -0.2) is 0 Å².